The summed E-state index contributed by atoms with van der Waals surface area (Å²) in [5, 5.41) is 0. The van der Waals surface area contributed by atoms with E-state index in [-0.39, 0.29) is 39.3 Å². The maximum absolute atomic E-state index is 10.5. The molecule has 0 aromatic heterocycles. The number of rotatable bonds is 6. The summed E-state index contributed by atoms with van der Waals surface area (Å²) in [5.74, 6) is 0. The average Bonchev–Trinajstić information content (AvgIpc) is 1.99. The fourth-order valence-electron chi connectivity index (χ4n) is 0.432. The van der Waals surface area contributed by atoms with Crippen LogP contribution in [0.1, 0.15) is 6.42 Å². The predicted molar refractivity (Wildman–Crippen MR) is 37.1 cm³/mol. The Hall–Kier alpha value is 1.17. The smallest absolute Gasteiger partial charge is 0.267 e. The first-order chi connectivity index (χ1) is 5.12. The van der Waals surface area contributed by atoms with Crippen LogP contribution in [0.3, 0.4) is 0 Å². The average molecular weight is 272 g/mol. The van der Waals surface area contributed by atoms with Crippen LogP contribution in [0.5, 0.6) is 0 Å². The Balaban J connectivity index is 0. The molecule has 0 aromatic carbocycles. The molecule has 1 atom stereocenters. The molecule has 0 heterocycles. The third kappa shape index (κ3) is 9.26. The summed E-state index contributed by atoms with van der Waals surface area (Å²) in [6.45, 7) is 0.576. The molecule has 0 saturated carbocycles. The van der Waals surface area contributed by atoms with Gasteiger partial charge in [-0.3, -0.25) is 4.57 Å². The minimum Gasteiger partial charge on any atom is -0.756 e. The van der Waals surface area contributed by atoms with E-state index in [1.807, 2.05) is 0 Å². The number of methoxy groups -OCH3 is 1. The zero-order chi connectivity index (χ0) is 8.74. The third-order valence-electron chi connectivity index (χ3n) is 0.966. The van der Waals surface area contributed by atoms with Crippen LogP contribution < -0.4 is 4.89 Å². The summed E-state index contributed by atoms with van der Waals surface area (Å²) >= 11 is 0. The van der Waals surface area contributed by atoms with Gasteiger partial charge in [0.05, 0.1) is 6.61 Å². The van der Waals surface area contributed by atoms with Crippen LogP contribution in [0.15, 0.2) is 0 Å². The Kier molecular flexibility index (Phi) is 11.4. The largest absolute Gasteiger partial charge is 0.756 e. The Labute approximate surface area is 97.3 Å². The first-order valence-electron chi connectivity index (χ1n) is 3.12. The molecule has 1 radical (unpaired) electrons. The van der Waals surface area contributed by atoms with Gasteiger partial charge in [-0.15, -0.1) is 0 Å². The Morgan fingerprint density at radius 3 is 2.33 bits per heavy atom. The van der Waals surface area contributed by atoms with E-state index >= 15 is 0 Å². The predicted octanol–water partition coefficient (Wildman–Crippen LogP) is 0.152. The van der Waals surface area contributed by atoms with Gasteiger partial charge in [-0.05, 0) is 6.42 Å². The maximum atomic E-state index is 10.5. The molecular formula is C5H12O5PY-. The molecule has 0 saturated heterocycles. The van der Waals surface area contributed by atoms with Crippen LogP contribution >= 0.6 is 7.82 Å². The molecule has 0 rings (SSSR count). The molecule has 5 nitrogen and oxygen atoms in total. The summed E-state index contributed by atoms with van der Waals surface area (Å²) in [5.41, 5.74) is 0. The van der Waals surface area contributed by atoms with E-state index in [9.17, 15) is 9.46 Å². The van der Waals surface area contributed by atoms with Gasteiger partial charge < -0.3 is 18.7 Å². The number of hydrogen-bond acceptors (Lipinski definition) is 5. The van der Waals surface area contributed by atoms with Crippen LogP contribution in [-0.4, -0.2) is 27.4 Å². The van der Waals surface area contributed by atoms with E-state index in [0.29, 0.717) is 13.0 Å². The number of hydrogen-bond donors (Lipinski definition) is 0. The van der Waals surface area contributed by atoms with Gasteiger partial charge in [0, 0.05) is 53.5 Å². The van der Waals surface area contributed by atoms with Gasteiger partial charge >= 0.3 is 0 Å². The molecule has 0 N–H and O–H groups in total. The van der Waals surface area contributed by atoms with Crippen molar-refractivity contribution in [3.63, 3.8) is 0 Å². The molecule has 7 heteroatoms. The van der Waals surface area contributed by atoms with E-state index in [0.717, 1.165) is 7.11 Å². The van der Waals surface area contributed by atoms with Gasteiger partial charge in [-0.2, -0.15) is 0 Å². The van der Waals surface area contributed by atoms with Crippen LogP contribution in [0.2, 0.25) is 0 Å². The monoisotopic (exact) mass is 272 g/mol. The third-order valence-corrected chi connectivity index (χ3v) is 1.91. The van der Waals surface area contributed by atoms with Crippen molar-refractivity contribution in [3.8, 4) is 0 Å². The number of ether oxygens (including phenoxy) is 1. The van der Waals surface area contributed by atoms with E-state index in [4.69, 9.17) is 0 Å². The second kappa shape index (κ2) is 8.76. The Bertz CT molecular complexity index is 142. The van der Waals surface area contributed by atoms with Gasteiger partial charge in [-0.25, -0.2) is 0 Å². The zero-order valence-corrected chi connectivity index (χ0v) is 10.9. The van der Waals surface area contributed by atoms with E-state index in [1.54, 1.807) is 0 Å². The van der Waals surface area contributed by atoms with Crippen molar-refractivity contribution >= 4 is 7.82 Å². The number of phosphoric ester groups is 1. The molecule has 0 amide bonds. The molecule has 0 aliphatic rings. The molecule has 71 valence electrons. The van der Waals surface area contributed by atoms with Crippen LogP contribution in [0, 0.1) is 0 Å². The molecular weight excluding hydrogens is 260 g/mol. The fraction of sp³-hybridized carbons (Fsp3) is 1.00. The fourth-order valence-corrected chi connectivity index (χ4v) is 0.890. The maximum Gasteiger partial charge on any atom is 0.267 e. The standard InChI is InChI=1S/C5H13O5P.Y/c1-8-4-3-5-10-11(6,7)9-2;/h3-5H2,1-2H3,(H,6,7);/p-1. The summed E-state index contributed by atoms with van der Waals surface area (Å²) in [6.07, 6.45) is 0.534. The second-order valence-corrected chi connectivity index (χ2v) is 3.33. The Morgan fingerprint density at radius 2 is 1.92 bits per heavy atom. The molecule has 12 heavy (non-hydrogen) atoms. The molecule has 0 spiro atoms. The van der Waals surface area contributed by atoms with Crippen LogP contribution in [0.25, 0.3) is 0 Å². The first-order valence-corrected chi connectivity index (χ1v) is 4.58. The summed E-state index contributed by atoms with van der Waals surface area (Å²) < 4.78 is 23.6. The summed E-state index contributed by atoms with van der Waals surface area (Å²) in [6, 6.07) is 0. The van der Waals surface area contributed by atoms with Crippen molar-refractivity contribution in [2.45, 2.75) is 6.42 Å². The normalized spacial score (nSPS) is 14.9. The van der Waals surface area contributed by atoms with Crippen LogP contribution in [0.4, 0.5) is 0 Å². The number of phosphoric acid groups is 1. The van der Waals surface area contributed by atoms with Crippen LogP contribution in [-0.2, 0) is 51.1 Å². The summed E-state index contributed by atoms with van der Waals surface area (Å²) in [4.78, 5) is 10.5. The second-order valence-electron chi connectivity index (χ2n) is 1.81. The topological polar surface area (TPSA) is 67.8 Å². The van der Waals surface area contributed by atoms with Crippen molar-refractivity contribution in [1.29, 1.82) is 0 Å². The minimum atomic E-state index is -4.02. The SMILES string of the molecule is COCCCOP(=O)([O-])OC.[Y]. The summed E-state index contributed by atoms with van der Waals surface area (Å²) in [7, 11) is -1.42. The van der Waals surface area contributed by atoms with Gasteiger partial charge in [0.1, 0.15) is 0 Å². The van der Waals surface area contributed by atoms with Crippen molar-refractivity contribution in [3.05, 3.63) is 0 Å². The zero-order valence-electron chi connectivity index (χ0n) is 7.19. The van der Waals surface area contributed by atoms with Crippen molar-refractivity contribution in [1.82, 2.24) is 0 Å². The van der Waals surface area contributed by atoms with E-state index in [2.05, 4.69) is 13.8 Å². The van der Waals surface area contributed by atoms with Gasteiger partial charge in [-0.1, -0.05) is 0 Å². The quantitative estimate of drug-likeness (QED) is 0.508. The van der Waals surface area contributed by atoms with Gasteiger partial charge in [0.2, 0.25) is 0 Å². The van der Waals surface area contributed by atoms with E-state index in [1.165, 1.54) is 7.11 Å². The van der Waals surface area contributed by atoms with Crippen molar-refractivity contribution in [2.75, 3.05) is 27.4 Å². The molecule has 0 aliphatic heterocycles. The first kappa shape index (κ1) is 15.6. The molecule has 0 aliphatic carbocycles. The van der Waals surface area contributed by atoms with Crippen molar-refractivity contribution in [2.24, 2.45) is 0 Å². The molecule has 0 bridgehead atoms. The minimum absolute atomic E-state index is 0. The molecule has 0 aromatic rings. The van der Waals surface area contributed by atoms with E-state index < -0.39 is 7.82 Å². The molecule has 0 fully saturated rings. The van der Waals surface area contributed by atoms with Crippen molar-refractivity contribution < 1.29 is 56.0 Å². The van der Waals surface area contributed by atoms with Gasteiger partial charge in [0.15, 0.2) is 0 Å². The molecule has 1 unspecified atom stereocenters. The Morgan fingerprint density at radius 1 is 1.33 bits per heavy atom. The van der Waals surface area contributed by atoms with Gasteiger partial charge in [0.25, 0.3) is 7.82 Å².